The minimum atomic E-state index is -2.70. The molecule has 0 atom stereocenters. The summed E-state index contributed by atoms with van der Waals surface area (Å²) >= 11 is 16.4. The summed E-state index contributed by atoms with van der Waals surface area (Å²) in [6.07, 6.45) is 1.26. The first kappa shape index (κ1) is 10.3. The lowest BCUT2D eigenvalue weighted by atomic mass is 10.6. The molecule has 58 valence electrons. The molecule has 0 saturated carbocycles. The largest absolute Gasteiger partial charge is 0.359 e. The third-order valence-corrected chi connectivity index (χ3v) is 2.43. The second-order valence-electron chi connectivity index (χ2n) is 1.54. The van der Waals surface area contributed by atoms with E-state index in [9.17, 15) is 4.79 Å². The van der Waals surface area contributed by atoms with Crippen LogP contribution in [0, 0.1) is 0 Å². The van der Waals surface area contributed by atoms with E-state index in [1.807, 2.05) is 0 Å². The van der Waals surface area contributed by atoms with Crippen molar-refractivity contribution in [3.63, 3.8) is 0 Å². The molecule has 0 aliphatic heterocycles. The Bertz CT molecular complexity index is 144. The number of carbonyl (C=O) groups is 1. The van der Waals surface area contributed by atoms with E-state index >= 15 is 0 Å². The fraction of sp³-hybridized carbons (Fsp3) is 0.250. The van der Waals surface area contributed by atoms with Crippen LogP contribution in [0.25, 0.3) is 0 Å². The number of amides is 1. The van der Waals surface area contributed by atoms with Gasteiger partial charge in [-0.05, 0) is 6.08 Å². The third kappa shape index (κ3) is 6.42. The number of hydrogen-bond donors (Lipinski definition) is 1. The van der Waals surface area contributed by atoms with Gasteiger partial charge in [0, 0.05) is 0 Å². The van der Waals surface area contributed by atoms with Crippen LogP contribution in [0.5, 0.6) is 0 Å². The van der Waals surface area contributed by atoms with Crippen molar-refractivity contribution in [3.8, 4) is 0 Å². The molecule has 0 aliphatic carbocycles. The molecule has 0 heterocycles. The Hall–Kier alpha value is 0.297. The minimum absolute atomic E-state index is 0.128. The first-order valence-electron chi connectivity index (χ1n) is 2.43. The van der Waals surface area contributed by atoms with E-state index in [1.165, 1.54) is 0 Å². The zero-order chi connectivity index (χ0) is 8.20. The fourth-order valence-corrected chi connectivity index (χ4v) is 1.24. The summed E-state index contributed by atoms with van der Waals surface area (Å²) in [6.45, 7) is 3.24. The van der Waals surface area contributed by atoms with Crippen LogP contribution in [-0.4, -0.2) is 18.1 Å². The van der Waals surface area contributed by atoms with Crippen molar-refractivity contribution in [2.75, 3.05) is 6.17 Å². The zero-order valence-electron chi connectivity index (χ0n) is 5.03. The quantitative estimate of drug-likeness (QED) is 0.434. The molecular formula is C4H6Cl3NOSi. The first-order valence-corrected chi connectivity index (χ1v) is 7.67. The molecule has 2 nitrogen and oxygen atoms in total. The molecule has 0 unspecified atom stereocenters. The van der Waals surface area contributed by atoms with Crippen LogP contribution in [0.1, 0.15) is 0 Å². The molecule has 1 amide bonds. The van der Waals surface area contributed by atoms with Crippen molar-refractivity contribution in [1.82, 2.24) is 5.32 Å². The maximum atomic E-state index is 10.5. The van der Waals surface area contributed by atoms with Crippen LogP contribution in [0.15, 0.2) is 12.7 Å². The summed E-state index contributed by atoms with van der Waals surface area (Å²) in [7, 11) is 0. The van der Waals surface area contributed by atoms with E-state index in [4.69, 9.17) is 33.2 Å². The summed E-state index contributed by atoms with van der Waals surface area (Å²) < 4.78 is 0. The Morgan fingerprint density at radius 1 is 1.60 bits per heavy atom. The Kier molecular flexibility index (Phi) is 4.36. The number of rotatable bonds is 3. The molecule has 1 N–H and O–H groups in total. The lowest BCUT2D eigenvalue weighted by Crippen LogP contribution is -2.34. The zero-order valence-corrected chi connectivity index (χ0v) is 8.30. The molecule has 0 aromatic carbocycles. The van der Waals surface area contributed by atoms with Gasteiger partial charge in [-0.25, -0.2) is 0 Å². The van der Waals surface area contributed by atoms with Crippen LogP contribution in [0.2, 0.25) is 0 Å². The van der Waals surface area contributed by atoms with Crippen molar-refractivity contribution < 1.29 is 4.79 Å². The second-order valence-corrected chi connectivity index (χ2v) is 10.7. The summed E-state index contributed by atoms with van der Waals surface area (Å²) in [6, 6.07) is -2.70. The van der Waals surface area contributed by atoms with Crippen LogP contribution < -0.4 is 5.32 Å². The molecule has 0 saturated heterocycles. The van der Waals surface area contributed by atoms with Gasteiger partial charge in [0.15, 0.2) is 0 Å². The van der Waals surface area contributed by atoms with Gasteiger partial charge in [0.25, 0.3) is 0 Å². The third-order valence-electron chi connectivity index (χ3n) is 0.648. The fourth-order valence-electron chi connectivity index (χ4n) is 0.260. The van der Waals surface area contributed by atoms with Crippen molar-refractivity contribution in [2.45, 2.75) is 0 Å². The van der Waals surface area contributed by atoms with Gasteiger partial charge in [0.2, 0.25) is 5.91 Å². The maximum absolute atomic E-state index is 10.5. The maximum Gasteiger partial charge on any atom is 0.359 e. The predicted molar refractivity (Wildman–Crippen MR) is 46.5 cm³/mol. The molecule has 6 heteroatoms. The molecule has 0 bridgehead atoms. The molecule has 0 fully saturated rings. The van der Waals surface area contributed by atoms with Crippen molar-refractivity contribution in [2.24, 2.45) is 0 Å². The molecule has 0 aromatic heterocycles. The first-order chi connectivity index (χ1) is 4.45. The van der Waals surface area contributed by atoms with E-state index in [0.29, 0.717) is 0 Å². The smallest absolute Gasteiger partial charge is 0.352 e. The van der Waals surface area contributed by atoms with Crippen LogP contribution in [0.3, 0.4) is 0 Å². The van der Waals surface area contributed by atoms with Crippen molar-refractivity contribution in [1.29, 1.82) is 0 Å². The second kappa shape index (κ2) is 4.23. The predicted octanol–water partition coefficient (Wildman–Crippen LogP) is 1.48. The highest BCUT2D eigenvalue weighted by Gasteiger charge is 2.24. The van der Waals surface area contributed by atoms with E-state index in [1.54, 1.807) is 0 Å². The SMILES string of the molecule is C=CC(=O)NC[Si](Cl)(Cl)Cl. The lowest BCUT2D eigenvalue weighted by molar-refractivity contribution is -0.116. The summed E-state index contributed by atoms with van der Waals surface area (Å²) in [5, 5.41) is 2.38. The normalized spacial score (nSPS) is 10.7. The minimum Gasteiger partial charge on any atom is -0.352 e. The topological polar surface area (TPSA) is 29.1 Å². The molecule has 0 spiro atoms. The summed E-state index contributed by atoms with van der Waals surface area (Å²) in [5.41, 5.74) is 0. The van der Waals surface area contributed by atoms with Gasteiger partial charge >= 0.3 is 6.00 Å². The monoisotopic (exact) mass is 217 g/mol. The molecule has 0 rings (SSSR count). The molecule has 0 radical (unpaired) electrons. The Labute approximate surface area is 74.3 Å². The highest BCUT2D eigenvalue weighted by atomic mass is 35.8. The number of hydrogen-bond acceptors (Lipinski definition) is 1. The number of nitrogens with one attached hydrogen (secondary N) is 1. The molecular weight excluding hydrogens is 212 g/mol. The van der Waals surface area contributed by atoms with Crippen LogP contribution in [0.4, 0.5) is 0 Å². The Balaban J connectivity index is 3.55. The summed E-state index contributed by atoms with van der Waals surface area (Å²) in [4.78, 5) is 10.5. The van der Waals surface area contributed by atoms with Crippen molar-refractivity contribution >= 4 is 45.1 Å². The van der Waals surface area contributed by atoms with Crippen molar-refractivity contribution in [3.05, 3.63) is 12.7 Å². The van der Waals surface area contributed by atoms with Gasteiger partial charge in [-0.3, -0.25) is 4.79 Å². The van der Waals surface area contributed by atoms with Crippen LogP contribution in [-0.2, 0) is 4.79 Å². The van der Waals surface area contributed by atoms with Crippen LogP contribution >= 0.6 is 33.2 Å². The Morgan fingerprint density at radius 2 is 2.10 bits per heavy atom. The highest BCUT2D eigenvalue weighted by Crippen LogP contribution is 2.17. The molecule has 0 aromatic rings. The van der Waals surface area contributed by atoms with Gasteiger partial charge in [0.1, 0.15) is 0 Å². The lowest BCUT2D eigenvalue weighted by Gasteiger charge is -2.06. The van der Waals surface area contributed by atoms with Gasteiger partial charge < -0.3 is 5.32 Å². The van der Waals surface area contributed by atoms with Gasteiger partial charge in [-0.15, -0.1) is 33.2 Å². The number of carbonyl (C=O) groups excluding carboxylic acids is 1. The highest BCUT2D eigenvalue weighted by molar-refractivity contribution is 7.64. The standard InChI is InChI=1S/C4H6Cl3NOSi/c1-2-4(9)8-3-10(5,6)7/h2H,1,3H2,(H,8,9). The van der Waals surface area contributed by atoms with E-state index in [2.05, 4.69) is 11.9 Å². The van der Waals surface area contributed by atoms with Gasteiger partial charge in [-0.2, -0.15) is 0 Å². The van der Waals surface area contributed by atoms with E-state index < -0.39 is 6.00 Å². The average molecular weight is 219 g/mol. The summed E-state index contributed by atoms with van der Waals surface area (Å²) in [5.74, 6) is -0.321. The van der Waals surface area contributed by atoms with Gasteiger partial charge in [-0.1, -0.05) is 6.58 Å². The van der Waals surface area contributed by atoms with E-state index in [-0.39, 0.29) is 12.1 Å². The molecule has 10 heavy (non-hydrogen) atoms. The molecule has 0 aliphatic rings. The van der Waals surface area contributed by atoms with Gasteiger partial charge in [0.05, 0.1) is 6.17 Å². The number of halogens is 3. The Morgan fingerprint density at radius 3 is 2.40 bits per heavy atom. The van der Waals surface area contributed by atoms with E-state index in [0.717, 1.165) is 6.08 Å². The average Bonchev–Trinajstić information content (AvgIpc) is 1.81.